The highest BCUT2D eigenvalue weighted by atomic mass is 35.5. The number of thioether (sulfide) groups is 1. The first-order chi connectivity index (χ1) is 16.8. The number of rotatable bonds is 7. The average molecular weight is 563 g/mol. The van der Waals surface area contributed by atoms with E-state index in [0.717, 1.165) is 10.5 Å². The minimum absolute atomic E-state index is 0.182. The molecule has 0 spiro atoms. The molecular weight excluding hydrogens is 545 g/mol. The summed E-state index contributed by atoms with van der Waals surface area (Å²) in [5.74, 6) is -0.444. The van der Waals surface area contributed by atoms with Crippen molar-refractivity contribution in [3.05, 3.63) is 92.7 Å². The van der Waals surface area contributed by atoms with Crippen molar-refractivity contribution in [3.63, 3.8) is 0 Å². The lowest BCUT2D eigenvalue weighted by atomic mass is 10.2. The Morgan fingerprint density at radius 1 is 0.943 bits per heavy atom. The van der Waals surface area contributed by atoms with E-state index in [1.165, 1.54) is 23.1 Å². The number of carbonyl (C=O) groups excluding carboxylic acids is 2. The number of nitrogens with zero attached hydrogens (tertiary/aromatic N) is 1. The maximum atomic E-state index is 12.8. The van der Waals surface area contributed by atoms with E-state index in [1.54, 1.807) is 42.5 Å². The van der Waals surface area contributed by atoms with Crippen LogP contribution in [0.15, 0.2) is 77.0 Å². The summed E-state index contributed by atoms with van der Waals surface area (Å²) in [4.78, 5) is 30.6. The molecule has 0 bridgehead atoms. The van der Waals surface area contributed by atoms with Crippen molar-refractivity contribution < 1.29 is 9.59 Å². The molecule has 4 rings (SSSR count). The summed E-state index contributed by atoms with van der Waals surface area (Å²) in [6, 6.07) is 19.3. The molecule has 0 fully saturated rings. The number of anilines is 2. The Hall–Kier alpha value is -2.55. The Kier molecular flexibility index (Phi) is 8.36. The van der Waals surface area contributed by atoms with Gasteiger partial charge >= 0.3 is 0 Å². The monoisotopic (exact) mass is 561 g/mol. The predicted molar refractivity (Wildman–Crippen MR) is 147 cm³/mol. The molecule has 3 aromatic carbocycles. The molecule has 2 amide bonds. The van der Waals surface area contributed by atoms with Gasteiger partial charge in [0.2, 0.25) is 5.91 Å². The van der Waals surface area contributed by atoms with Crippen LogP contribution >= 0.6 is 57.9 Å². The number of hydrogen-bond acceptors (Lipinski definition) is 5. The molecule has 0 aliphatic carbocycles. The highest BCUT2D eigenvalue weighted by Gasteiger charge is 2.17. The second-order valence-corrected chi connectivity index (χ2v) is 10.9. The summed E-state index contributed by atoms with van der Waals surface area (Å²) in [6.07, 6.45) is 0. The van der Waals surface area contributed by atoms with Gasteiger partial charge < -0.3 is 10.6 Å². The average Bonchev–Trinajstić information content (AvgIpc) is 3.29. The third-order valence-electron chi connectivity index (χ3n) is 4.81. The Balaban J connectivity index is 1.37. The molecular formula is C25H18Cl3N3O2S2. The molecule has 35 heavy (non-hydrogen) atoms. The zero-order valence-electron chi connectivity index (χ0n) is 18.2. The molecule has 10 heteroatoms. The van der Waals surface area contributed by atoms with Crippen molar-refractivity contribution in [2.45, 2.75) is 17.1 Å². The lowest BCUT2D eigenvalue weighted by Gasteiger charge is -2.12. The number of thiazole rings is 1. The first kappa shape index (κ1) is 25.5. The lowest BCUT2D eigenvalue weighted by molar-refractivity contribution is -0.115. The third-order valence-corrected chi connectivity index (χ3v) is 7.64. The van der Waals surface area contributed by atoms with Crippen LogP contribution in [0.3, 0.4) is 0 Å². The summed E-state index contributed by atoms with van der Waals surface area (Å²) in [5.41, 5.74) is 2.60. The van der Waals surface area contributed by atoms with E-state index >= 15 is 0 Å². The smallest absolute Gasteiger partial charge is 0.255 e. The molecule has 1 heterocycles. The molecule has 5 nitrogen and oxygen atoms in total. The number of benzene rings is 3. The number of hydrogen-bond donors (Lipinski definition) is 2. The number of aromatic nitrogens is 1. The number of halogens is 3. The van der Waals surface area contributed by atoms with Crippen LogP contribution in [0.2, 0.25) is 15.1 Å². The van der Waals surface area contributed by atoms with Crippen LogP contribution < -0.4 is 10.6 Å². The van der Waals surface area contributed by atoms with Crippen LogP contribution in [0.5, 0.6) is 0 Å². The second-order valence-electron chi connectivity index (χ2n) is 7.41. The van der Waals surface area contributed by atoms with Gasteiger partial charge in [-0.25, -0.2) is 4.98 Å². The Labute approximate surface area is 225 Å². The van der Waals surface area contributed by atoms with Crippen molar-refractivity contribution in [1.29, 1.82) is 0 Å². The summed E-state index contributed by atoms with van der Waals surface area (Å²) >= 11 is 20.7. The van der Waals surface area contributed by atoms with Crippen LogP contribution in [0.25, 0.3) is 11.3 Å². The molecule has 178 valence electrons. The normalized spacial score (nSPS) is 11.7. The zero-order chi connectivity index (χ0) is 24.9. The molecule has 1 unspecified atom stereocenters. The highest BCUT2D eigenvalue weighted by Crippen LogP contribution is 2.31. The minimum Gasteiger partial charge on any atom is -0.322 e. The van der Waals surface area contributed by atoms with Gasteiger partial charge in [0, 0.05) is 32.1 Å². The van der Waals surface area contributed by atoms with Crippen molar-refractivity contribution in [2.75, 3.05) is 10.6 Å². The molecule has 0 aliphatic rings. The van der Waals surface area contributed by atoms with Crippen molar-refractivity contribution in [3.8, 4) is 11.3 Å². The van der Waals surface area contributed by atoms with E-state index in [1.807, 2.05) is 36.6 Å². The van der Waals surface area contributed by atoms with Crippen LogP contribution in [-0.2, 0) is 4.79 Å². The zero-order valence-corrected chi connectivity index (χ0v) is 22.1. The van der Waals surface area contributed by atoms with E-state index < -0.39 is 5.25 Å². The molecule has 0 saturated carbocycles. The SMILES string of the molecule is CC(Sc1cccc(NC(=O)c2cccc(Cl)c2)c1)C(=O)Nc1nc(-c2ccc(Cl)c(Cl)c2)cs1. The van der Waals surface area contributed by atoms with Crippen molar-refractivity contribution in [2.24, 2.45) is 0 Å². The van der Waals surface area contributed by atoms with E-state index in [0.29, 0.717) is 37.1 Å². The molecule has 2 N–H and O–H groups in total. The van der Waals surface area contributed by atoms with Crippen LogP contribution in [0.1, 0.15) is 17.3 Å². The highest BCUT2D eigenvalue weighted by molar-refractivity contribution is 8.00. The van der Waals surface area contributed by atoms with Crippen molar-refractivity contribution >= 4 is 80.5 Å². The van der Waals surface area contributed by atoms with Gasteiger partial charge in [-0.3, -0.25) is 9.59 Å². The second kappa shape index (κ2) is 11.5. The Morgan fingerprint density at radius 3 is 2.51 bits per heavy atom. The Bertz CT molecular complexity index is 1390. The van der Waals surface area contributed by atoms with Gasteiger partial charge in [-0.15, -0.1) is 23.1 Å². The first-order valence-corrected chi connectivity index (χ1v) is 13.2. The van der Waals surface area contributed by atoms with Gasteiger partial charge in [-0.05, 0) is 55.5 Å². The summed E-state index contributed by atoms with van der Waals surface area (Å²) in [6.45, 7) is 1.81. The third kappa shape index (κ3) is 6.78. The topological polar surface area (TPSA) is 71.1 Å². The predicted octanol–water partition coefficient (Wildman–Crippen LogP) is 8.14. The number of amides is 2. The van der Waals surface area contributed by atoms with E-state index in [-0.39, 0.29) is 11.8 Å². The maximum absolute atomic E-state index is 12.8. The standard InChI is InChI=1S/C25H18Cl3N3O2S2/c1-14(23(32)31-25-30-22(13-34-25)15-8-9-20(27)21(28)11-15)35-19-7-3-6-18(12-19)29-24(33)16-4-2-5-17(26)10-16/h2-14H,1H3,(H,29,33)(H,30,31,32). The van der Waals surface area contributed by atoms with E-state index in [2.05, 4.69) is 15.6 Å². The van der Waals surface area contributed by atoms with Gasteiger partial charge in [0.15, 0.2) is 5.13 Å². The quantitative estimate of drug-likeness (QED) is 0.223. The molecule has 4 aromatic rings. The number of nitrogens with one attached hydrogen (secondary N) is 2. The maximum Gasteiger partial charge on any atom is 0.255 e. The van der Waals surface area contributed by atoms with E-state index in [9.17, 15) is 9.59 Å². The summed E-state index contributed by atoms with van der Waals surface area (Å²) < 4.78 is 0. The van der Waals surface area contributed by atoms with Gasteiger partial charge in [0.1, 0.15) is 0 Å². The number of carbonyl (C=O) groups is 2. The van der Waals surface area contributed by atoms with Gasteiger partial charge in [0.25, 0.3) is 5.91 Å². The van der Waals surface area contributed by atoms with Gasteiger partial charge in [-0.1, -0.05) is 53.0 Å². The van der Waals surface area contributed by atoms with Crippen LogP contribution in [0.4, 0.5) is 10.8 Å². The summed E-state index contributed by atoms with van der Waals surface area (Å²) in [7, 11) is 0. The van der Waals surface area contributed by atoms with Gasteiger partial charge in [0.05, 0.1) is 21.0 Å². The van der Waals surface area contributed by atoms with Crippen LogP contribution in [0, 0.1) is 0 Å². The fourth-order valence-electron chi connectivity index (χ4n) is 3.06. The van der Waals surface area contributed by atoms with Crippen LogP contribution in [-0.4, -0.2) is 22.0 Å². The fraction of sp³-hybridized carbons (Fsp3) is 0.0800. The molecule has 0 saturated heterocycles. The molecule has 0 radical (unpaired) electrons. The minimum atomic E-state index is -0.397. The molecule has 1 atom stereocenters. The molecule has 0 aliphatic heterocycles. The largest absolute Gasteiger partial charge is 0.322 e. The first-order valence-electron chi connectivity index (χ1n) is 10.3. The lowest BCUT2D eigenvalue weighted by Crippen LogP contribution is -2.22. The Morgan fingerprint density at radius 2 is 1.74 bits per heavy atom. The van der Waals surface area contributed by atoms with Crippen molar-refractivity contribution in [1.82, 2.24) is 4.98 Å². The van der Waals surface area contributed by atoms with Gasteiger partial charge in [-0.2, -0.15) is 0 Å². The molecule has 1 aromatic heterocycles. The summed E-state index contributed by atoms with van der Waals surface area (Å²) in [5, 5.41) is 9.06. The fourth-order valence-corrected chi connectivity index (χ4v) is 5.20. The van der Waals surface area contributed by atoms with E-state index in [4.69, 9.17) is 34.8 Å².